The number of aryl methyl sites for hydroxylation is 3. The van der Waals surface area contributed by atoms with Crippen LogP contribution in [0.25, 0.3) is 0 Å². The summed E-state index contributed by atoms with van der Waals surface area (Å²) >= 11 is 0. The molecule has 0 aliphatic carbocycles. The van der Waals surface area contributed by atoms with E-state index in [2.05, 4.69) is 25.2 Å². The van der Waals surface area contributed by atoms with Crippen LogP contribution in [0.3, 0.4) is 0 Å². The van der Waals surface area contributed by atoms with Crippen LogP contribution in [-0.4, -0.2) is 5.91 Å². The molecule has 0 radical (unpaired) electrons. The van der Waals surface area contributed by atoms with E-state index in [0.717, 1.165) is 22.4 Å². The lowest BCUT2D eigenvalue weighted by Crippen LogP contribution is -2.16. The number of carbonyl (C=O) groups excluding carboxylic acids is 1. The SMILES string of the molecule is Cc1cccc(C(C)C)c1NC(=O)c1c(C)coc1C. The molecule has 20 heavy (non-hydrogen) atoms. The standard InChI is InChI=1S/C17H21NO2/c1-10(2)14-8-6-7-11(3)16(14)18-17(19)15-12(4)9-20-13(15)5/h6-10H,1-5H3,(H,18,19). The third-order valence-corrected chi connectivity index (χ3v) is 3.55. The van der Waals surface area contributed by atoms with E-state index in [0.29, 0.717) is 17.2 Å². The van der Waals surface area contributed by atoms with Gasteiger partial charge in [0, 0.05) is 11.3 Å². The number of para-hydroxylation sites is 1. The van der Waals surface area contributed by atoms with Gasteiger partial charge in [-0.1, -0.05) is 32.0 Å². The highest BCUT2D eigenvalue weighted by Gasteiger charge is 2.18. The van der Waals surface area contributed by atoms with Crippen LogP contribution >= 0.6 is 0 Å². The van der Waals surface area contributed by atoms with E-state index in [1.54, 1.807) is 6.26 Å². The van der Waals surface area contributed by atoms with Crippen LogP contribution in [0.5, 0.6) is 0 Å². The highest BCUT2D eigenvalue weighted by atomic mass is 16.3. The Kier molecular flexibility index (Phi) is 3.98. The van der Waals surface area contributed by atoms with Gasteiger partial charge < -0.3 is 9.73 Å². The highest BCUT2D eigenvalue weighted by molar-refractivity contribution is 6.06. The molecule has 0 unspecified atom stereocenters. The third kappa shape index (κ3) is 2.62. The molecule has 0 bridgehead atoms. The van der Waals surface area contributed by atoms with Crippen molar-refractivity contribution >= 4 is 11.6 Å². The maximum absolute atomic E-state index is 12.5. The quantitative estimate of drug-likeness (QED) is 0.887. The Morgan fingerprint density at radius 2 is 1.85 bits per heavy atom. The molecule has 3 heteroatoms. The maximum atomic E-state index is 12.5. The second kappa shape index (κ2) is 5.53. The summed E-state index contributed by atoms with van der Waals surface area (Å²) in [6.45, 7) is 9.95. The fourth-order valence-electron chi connectivity index (χ4n) is 2.43. The zero-order valence-electron chi connectivity index (χ0n) is 12.7. The summed E-state index contributed by atoms with van der Waals surface area (Å²) in [5.41, 5.74) is 4.62. The minimum absolute atomic E-state index is 0.107. The predicted molar refractivity (Wildman–Crippen MR) is 81.4 cm³/mol. The highest BCUT2D eigenvalue weighted by Crippen LogP contribution is 2.28. The van der Waals surface area contributed by atoms with Crippen molar-refractivity contribution in [2.75, 3.05) is 5.32 Å². The predicted octanol–water partition coefficient (Wildman–Crippen LogP) is 4.58. The molecule has 106 valence electrons. The number of benzene rings is 1. The van der Waals surface area contributed by atoms with Gasteiger partial charge in [-0.2, -0.15) is 0 Å². The van der Waals surface area contributed by atoms with Gasteiger partial charge in [-0.25, -0.2) is 0 Å². The Morgan fingerprint density at radius 1 is 1.15 bits per heavy atom. The number of hydrogen-bond donors (Lipinski definition) is 1. The molecule has 0 spiro atoms. The van der Waals surface area contributed by atoms with Gasteiger partial charge in [0.05, 0.1) is 11.8 Å². The summed E-state index contributed by atoms with van der Waals surface area (Å²) in [5.74, 6) is 0.904. The number of anilines is 1. The van der Waals surface area contributed by atoms with Crippen molar-refractivity contribution in [3.05, 3.63) is 52.5 Å². The zero-order valence-corrected chi connectivity index (χ0v) is 12.7. The number of rotatable bonds is 3. The van der Waals surface area contributed by atoms with Crippen LogP contribution in [0.2, 0.25) is 0 Å². The van der Waals surface area contributed by atoms with Gasteiger partial charge in [0.25, 0.3) is 5.91 Å². The molecular weight excluding hydrogens is 250 g/mol. The summed E-state index contributed by atoms with van der Waals surface area (Å²) in [4.78, 5) is 12.5. The smallest absolute Gasteiger partial charge is 0.259 e. The van der Waals surface area contributed by atoms with Crippen molar-refractivity contribution in [2.45, 2.75) is 40.5 Å². The van der Waals surface area contributed by atoms with Crippen LogP contribution in [0, 0.1) is 20.8 Å². The van der Waals surface area contributed by atoms with Crippen molar-refractivity contribution in [1.82, 2.24) is 0 Å². The van der Waals surface area contributed by atoms with Gasteiger partial charge in [-0.3, -0.25) is 4.79 Å². The van der Waals surface area contributed by atoms with Gasteiger partial charge >= 0.3 is 0 Å². The summed E-state index contributed by atoms with van der Waals surface area (Å²) in [5, 5.41) is 3.05. The Labute approximate surface area is 120 Å². The van der Waals surface area contributed by atoms with Crippen molar-refractivity contribution in [3.8, 4) is 0 Å². The number of furan rings is 1. The van der Waals surface area contributed by atoms with Crippen LogP contribution in [0.1, 0.15) is 52.6 Å². The summed E-state index contributed by atoms with van der Waals surface area (Å²) in [6, 6.07) is 6.09. The van der Waals surface area contributed by atoms with Gasteiger partial charge in [-0.15, -0.1) is 0 Å². The molecule has 2 rings (SSSR count). The maximum Gasteiger partial charge on any atom is 0.259 e. The lowest BCUT2D eigenvalue weighted by atomic mass is 9.98. The van der Waals surface area contributed by atoms with Crippen LogP contribution in [-0.2, 0) is 0 Å². The summed E-state index contributed by atoms with van der Waals surface area (Å²) in [6.07, 6.45) is 1.62. The third-order valence-electron chi connectivity index (χ3n) is 3.55. The van der Waals surface area contributed by atoms with E-state index in [4.69, 9.17) is 4.42 Å². The molecule has 0 aliphatic heterocycles. The van der Waals surface area contributed by atoms with Crippen molar-refractivity contribution in [3.63, 3.8) is 0 Å². The average Bonchev–Trinajstić information content (AvgIpc) is 2.71. The Bertz CT molecular complexity index is 619. The second-order valence-electron chi connectivity index (χ2n) is 5.50. The fraction of sp³-hybridized carbons (Fsp3) is 0.353. The molecule has 1 aromatic heterocycles. The Balaban J connectivity index is 2.38. The molecule has 0 saturated heterocycles. The minimum Gasteiger partial charge on any atom is -0.469 e. The number of carbonyl (C=O) groups is 1. The first-order chi connectivity index (χ1) is 9.41. The lowest BCUT2D eigenvalue weighted by molar-refractivity contribution is 0.102. The Morgan fingerprint density at radius 3 is 2.40 bits per heavy atom. The molecule has 0 aliphatic rings. The summed E-state index contributed by atoms with van der Waals surface area (Å²) < 4.78 is 5.30. The molecule has 1 amide bonds. The van der Waals surface area contributed by atoms with E-state index in [9.17, 15) is 4.79 Å². The van der Waals surface area contributed by atoms with Gasteiger partial charge in [0.2, 0.25) is 0 Å². The van der Waals surface area contributed by atoms with Crippen molar-refractivity contribution < 1.29 is 9.21 Å². The molecule has 0 fully saturated rings. The van der Waals surface area contributed by atoms with E-state index in [1.807, 2.05) is 32.9 Å². The minimum atomic E-state index is -0.107. The zero-order chi connectivity index (χ0) is 14.9. The van der Waals surface area contributed by atoms with Gasteiger partial charge in [0.1, 0.15) is 5.76 Å². The molecule has 3 nitrogen and oxygen atoms in total. The number of amides is 1. The number of nitrogens with one attached hydrogen (secondary N) is 1. The van der Waals surface area contributed by atoms with Crippen molar-refractivity contribution in [1.29, 1.82) is 0 Å². The molecule has 1 heterocycles. The van der Waals surface area contributed by atoms with Gasteiger partial charge in [-0.05, 0) is 37.8 Å². The fourth-order valence-corrected chi connectivity index (χ4v) is 2.43. The first-order valence-corrected chi connectivity index (χ1v) is 6.87. The molecular formula is C17H21NO2. The number of hydrogen-bond acceptors (Lipinski definition) is 2. The van der Waals surface area contributed by atoms with E-state index >= 15 is 0 Å². The van der Waals surface area contributed by atoms with E-state index in [1.165, 1.54) is 0 Å². The van der Waals surface area contributed by atoms with Gasteiger partial charge in [0.15, 0.2) is 0 Å². The average molecular weight is 271 g/mol. The molecule has 0 atom stereocenters. The lowest BCUT2D eigenvalue weighted by Gasteiger charge is -2.16. The Hall–Kier alpha value is -2.03. The molecule has 1 aromatic carbocycles. The molecule has 1 N–H and O–H groups in total. The first kappa shape index (κ1) is 14.4. The summed E-state index contributed by atoms with van der Waals surface area (Å²) in [7, 11) is 0. The van der Waals surface area contributed by atoms with Crippen LogP contribution in [0.15, 0.2) is 28.9 Å². The second-order valence-corrected chi connectivity index (χ2v) is 5.50. The molecule has 0 saturated carbocycles. The molecule has 2 aromatic rings. The van der Waals surface area contributed by atoms with Crippen LogP contribution < -0.4 is 5.32 Å². The van der Waals surface area contributed by atoms with Crippen molar-refractivity contribution in [2.24, 2.45) is 0 Å². The van der Waals surface area contributed by atoms with E-state index in [-0.39, 0.29) is 5.91 Å². The largest absolute Gasteiger partial charge is 0.469 e. The normalized spacial score (nSPS) is 10.9. The monoisotopic (exact) mass is 271 g/mol. The first-order valence-electron chi connectivity index (χ1n) is 6.87. The van der Waals surface area contributed by atoms with E-state index < -0.39 is 0 Å². The topological polar surface area (TPSA) is 42.2 Å². The van der Waals surface area contributed by atoms with Crippen LogP contribution in [0.4, 0.5) is 5.69 Å².